The lowest BCUT2D eigenvalue weighted by atomic mass is 10.1. The third kappa shape index (κ3) is 2.41. The molecule has 0 aliphatic carbocycles. The predicted molar refractivity (Wildman–Crippen MR) is 88.7 cm³/mol. The summed E-state index contributed by atoms with van der Waals surface area (Å²) < 4.78 is 0.639. The molecule has 8 heteroatoms. The normalized spacial score (nSPS) is 13.2. The number of non-ortho nitro benzene ring substituents is 1. The molecule has 24 heavy (non-hydrogen) atoms. The number of hydrogen-bond acceptors (Lipinski definition) is 5. The van der Waals surface area contributed by atoms with Gasteiger partial charge in [0, 0.05) is 22.2 Å². The first-order valence-electron chi connectivity index (χ1n) is 6.79. The summed E-state index contributed by atoms with van der Waals surface area (Å²) in [6.07, 6.45) is 0. The van der Waals surface area contributed by atoms with Gasteiger partial charge in [-0.2, -0.15) is 0 Å². The minimum atomic E-state index is -0.806. The smallest absolute Gasteiger partial charge is 0.294 e. The van der Waals surface area contributed by atoms with Crippen molar-refractivity contribution in [1.29, 1.82) is 0 Å². The number of hydrogen-bond donors (Lipinski definition) is 0. The number of benzene rings is 2. The molecule has 2 aromatic rings. The topological polar surface area (TPSA) is 97.6 Å². The molecule has 1 amide bonds. The van der Waals surface area contributed by atoms with Crippen molar-refractivity contribution >= 4 is 50.5 Å². The number of amides is 1. The van der Waals surface area contributed by atoms with Gasteiger partial charge in [-0.05, 0) is 31.2 Å². The molecule has 0 bridgehead atoms. The average Bonchev–Trinajstić information content (AvgIpc) is 2.78. The molecule has 0 saturated carbocycles. The van der Waals surface area contributed by atoms with Crippen molar-refractivity contribution in [2.75, 3.05) is 4.90 Å². The Morgan fingerprint density at radius 2 is 1.79 bits per heavy atom. The minimum Gasteiger partial charge on any atom is -0.294 e. The maximum atomic E-state index is 12.4. The van der Waals surface area contributed by atoms with Crippen LogP contribution in [0.3, 0.4) is 0 Å². The first kappa shape index (κ1) is 16.0. The van der Waals surface area contributed by atoms with Crippen LogP contribution >= 0.6 is 15.9 Å². The van der Waals surface area contributed by atoms with Gasteiger partial charge in [0.1, 0.15) is 0 Å². The van der Waals surface area contributed by atoms with Crippen LogP contribution in [0, 0.1) is 10.1 Å². The SMILES string of the molecule is CC(=O)c1cc([N+](=O)[O-])ccc1N1C(=O)C(=O)c2cc(Br)ccc21. The lowest BCUT2D eigenvalue weighted by molar-refractivity contribution is -0.384. The van der Waals surface area contributed by atoms with Gasteiger partial charge in [-0.25, -0.2) is 0 Å². The molecule has 0 unspecified atom stereocenters. The van der Waals surface area contributed by atoms with Crippen molar-refractivity contribution < 1.29 is 19.3 Å². The predicted octanol–water partition coefficient (Wildman–Crippen LogP) is 3.42. The number of nitrogens with zero attached hydrogens (tertiary/aromatic N) is 2. The Kier molecular flexibility index (Phi) is 3.76. The van der Waals surface area contributed by atoms with Crippen LogP contribution in [-0.4, -0.2) is 22.4 Å². The van der Waals surface area contributed by atoms with Crippen LogP contribution in [0.1, 0.15) is 27.6 Å². The molecule has 0 aromatic heterocycles. The lowest BCUT2D eigenvalue weighted by Crippen LogP contribution is -2.26. The molecule has 1 aliphatic heterocycles. The fourth-order valence-corrected chi connectivity index (χ4v) is 2.93. The Labute approximate surface area is 144 Å². The number of rotatable bonds is 3. The van der Waals surface area contributed by atoms with Gasteiger partial charge in [0.05, 0.1) is 21.9 Å². The molecular weight excluding hydrogens is 380 g/mol. The second-order valence-corrected chi connectivity index (χ2v) is 6.06. The second-order valence-electron chi connectivity index (χ2n) is 5.15. The van der Waals surface area contributed by atoms with Crippen molar-refractivity contribution in [1.82, 2.24) is 0 Å². The van der Waals surface area contributed by atoms with Crippen molar-refractivity contribution in [3.63, 3.8) is 0 Å². The van der Waals surface area contributed by atoms with Gasteiger partial charge in [-0.1, -0.05) is 15.9 Å². The molecule has 2 aromatic carbocycles. The number of nitro benzene ring substituents is 1. The maximum Gasteiger partial charge on any atom is 0.304 e. The van der Waals surface area contributed by atoms with E-state index in [4.69, 9.17) is 0 Å². The number of halogens is 1. The monoisotopic (exact) mass is 388 g/mol. The number of anilines is 2. The standard InChI is InChI=1S/C16H9BrN2O5/c1-8(20)11-7-10(19(23)24)3-5-13(11)18-14-4-2-9(17)6-12(14)15(21)16(18)22/h2-7H,1H3. The zero-order valence-electron chi connectivity index (χ0n) is 12.3. The minimum absolute atomic E-state index is 0.00104. The van der Waals surface area contributed by atoms with Gasteiger partial charge >= 0.3 is 5.91 Å². The van der Waals surface area contributed by atoms with Gasteiger partial charge in [-0.3, -0.25) is 29.4 Å². The molecule has 1 heterocycles. The van der Waals surface area contributed by atoms with Crippen LogP contribution in [0.2, 0.25) is 0 Å². The highest BCUT2D eigenvalue weighted by molar-refractivity contribution is 9.10. The van der Waals surface area contributed by atoms with E-state index < -0.39 is 22.4 Å². The van der Waals surface area contributed by atoms with E-state index in [1.165, 1.54) is 25.1 Å². The Hall–Kier alpha value is -2.87. The molecule has 0 fully saturated rings. The molecule has 3 rings (SSSR count). The van der Waals surface area contributed by atoms with Crippen molar-refractivity contribution in [3.8, 4) is 0 Å². The molecule has 120 valence electrons. The summed E-state index contributed by atoms with van der Waals surface area (Å²) in [7, 11) is 0. The highest BCUT2D eigenvalue weighted by Crippen LogP contribution is 2.39. The molecule has 7 nitrogen and oxygen atoms in total. The molecule has 0 atom stereocenters. The summed E-state index contributed by atoms with van der Waals surface area (Å²) in [5.74, 6) is -1.95. The zero-order chi connectivity index (χ0) is 17.6. The fourth-order valence-electron chi connectivity index (χ4n) is 2.57. The van der Waals surface area contributed by atoms with E-state index >= 15 is 0 Å². The first-order valence-corrected chi connectivity index (χ1v) is 7.58. The summed E-state index contributed by atoms with van der Waals surface area (Å²) in [6.45, 7) is 1.24. The summed E-state index contributed by atoms with van der Waals surface area (Å²) >= 11 is 3.24. The number of carbonyl (C=O) groups is 3. The third-order valence-corrected chi connectivity index (χ3v) is 4.15. The largest absolute Gasteiger partial charge is 0.304 e. The van der Waals surface area contributed by atoms with Crippen molar-refractivity contribution in [2.24, 2.45) is 0 Å². The van der Waals surface area contributed by atoms with Crippen LogP contribution in [-0.2, 0) is 4.79 Å². The molecule has 1 aliphatic rings. The van der Waals surface area contributed by atoms with E-state index in [9.17, 15) is 24.5 Å². The van der Waals surface area contributed by atoms with E-state index in [1.807, 2.05) is 0 Å². The number of ketones is 2. The van der Waals surface area contributed by atoms with Crippen LogP contribution in [0.4, 0.5) is 17.1 Å². The number of nitro groups is 1. The van der Waals surface area contributed by atoms with Gasteiger partial charge in [-0.15, -0.1) is 0 Å². The van der Waals surface area contributed by atoms with E-state index in [1.54, 1.807) is 12.1 Å². The van der Waals surface area contributed by atoms with E-state index in [-0.39, 0.29) is 22.5 Å². The number of carbonyl (C=O) groups excluding carboxylic acids is 3. The Bertz CT molecular complexity index is 938. The van der Waals surface area contributed by atoms with Crippen LogP contribution in [0.25, 0.3) is 0 Å². The van der Waals surface area contributed by atoms with Crippen molar-refractivity contribution in [2.45, 2.75) is 6.92 Å². The summed E-state index contributed by atoms with van der Waals surface area (Å²) in [6, 6.07) is 8.36. The van der Waals surface area contributed by atoms with Crippen LogP contribution in [0.15, 0.2) is 40.9 Å². The van der Waals surface area contributed by atoms with Crippen LogP contribution < -0.4 is 4.90 Å². The highest BCUT2D eigenvalue weighted by Gasteiger charge is 2.38. The Morgan fingerprint density at radius 3 is 2.42 bits per heavy atom. The average molecular weight is 389 g/mol. The molecule has 0 spiro atoms. The van der Waals surface area contributed by atoms with Gasteiger partial charge < -0.3 is 0 Å². The second kappa shape index (κ2) is 5.64. The molecule has 0 N–H and O–H groups in total. The summed E-state index contributed by atoms with van der Waals surface area (Å²) in [5.41, 5.74) is 0.429. The molecular formula is C16H9BrN2O5. The van der Waals surface area contributed by atoms with Gasteiger partial charge in [0.25, 0.3) is 11.5 Å². The molecule has 0 saturated heterocycles. The van der Waals surface area contributed by atoms with Gasteiger partial charge in [0.2, 0.25) is 0 Å². The summed E-state index contributed by atoms with van der Waals surface area (Å²) in [5, 5.41) is 10.9. The molecule has 0 radical (unpaired) electrons. The Morgan fingerprint density at radius 1 is 1.12 bits per heavy atom. The Balaban J connectivity index is 2.23. The van der Waals surface area contributed by atoms with Gasteiger partial charge in [0.15, 0.2) is 5.78 Å². The van der Waals surface area contributed by atoms with E-state index in [0.29, 0.717) is 10.2 Å². The highest BCUT2D eigenvalue weighted by atomic mass is 79.9. The zero-order valence-corrected chi connectivity index (χ0v) is 13.9. The quantitative estimate of drug-likeness (QED) is 0.347. The number of Topliss-reactive ketones (excluding diaryl/α,β-unsaturated/α-hetero) is 2. The van der Waals surface area contributed by atoms with E-state index in [2.05, 4.69) is 15.9 Å². The summed E-state index contributed by atoms with van der Waals surface area (Å²) in [4.78, 5) is 47.9. The van der Waals surface area contributed by atoms with E-state index in [0.717, 1.165) is 11.0 Å². The fraction of sp³-hybridized carbons (Fsp3) is 0.0625. The third-order valence-electron chi connectivity index (χ3n) is 3.65. The number of fused-ring (bicyclic) bond motifs is 1. The maximum absolute atomic E-state index is 12.4. The van der Waals surface area contributed by atoms with Crippen molar-refractivity contribution in [3.05, 3.63) is 62.1 Å². The lowest BCUT2D eigenvalue weighted by Gasteiger charge is -2.19. The van der Waals surface area contributed by atoms with Crippen LogP contribution in [0.5, 0.6) is 0 Å². The first-order chi connectivity index (χ1) is 11.3.